The number of hydrogen-bond donors (Lipinski definition) is 2. The number of nitrogens with zero attached hydrogens (tertiary/aromatic N) is 1. The lowest BCUT2D eigenvalue weighted by Crippen LogP contribution is -2.39. The number of carboxylic acids is 1. The van der Waals surface area contributed by atoms with E-state index >= 15 is 0 Å². The number of nitrogens with one attached hydrogen (secondary N) is 1. The van der Waals surface area contributed by atoms with E-state index < -0.39 is 12.1 Å². The number of urea groups is 1. The molecule has 2 aromatic carbocycles. The number of benzene rings is 2. The summed E-state index contributed by atoms with van der Waals surface area (Å²) in [6.45, 7) is 5.70. The van der Waals surface area contributed by atoms with Gasteiger partial charge in [0.1, 0.15) is 12.4 Å². The fourth-order valence-corrected chi connectivity index (χ4v) is 4.50. The number of carbonyl (C=O) groups is 2. The van der Waals surface area contributed by atoms with Crippen LogP contribution in [0.15, 0.2) is 48.5 Å². The van der Waals surface area contributed by atoms with Crippen LogP contribution in [0.25, 0.3) is 0 Å². The van der Waals surface area contributed by atoms with Crippen LogP contribution in [0, 0.1) is 0 Å². The quantitative estimate of drug-likeness (QED) is 0.234. The highest BCUT2D eigenvalue weighted by Gasteiger charge is 2.18. The summed E-state index contributed by atoms with van der Waals surface area (Å²) in [5.74, 6) is 1.64. The Hall–Kier alpha value is -2.42. The Balaban J connectivity index is 1.88. The number of carbonyl (C=O) groups excluding carboxylic acids is 1. The van der Waals surface area contributed by atoms with Gasteiger partial charge in [-0.05, 0) is 61.1 Å². The van der Waals surface area contributed by atoms with E-state index in [1.54, 1.807) is 36.1 Å². The van der Waals surface area contributed by atoms with Gasteiger partial charge in [-0.25, -0.2) is 9.59 Å². The second kappa shape index (κ2) is 17.1. The Bertz CT molecular complexity index is 911. The molecule has 0 saturated heterocycles. The third-order valence-corrected chi connectivity index (χ3v) is 6.70. The lowest BCUT2D eigenvalue weighted by molar-refractivity contribution is -0.149. The number of thioether (sulfide) groups is 1. The van der Waals surface area contributed by atoms with Gasteiger partial charge in [-0.15, -0.1) is 0 Å². The van der Waals surface area contributed by atoms with Crippen molar-refractivity contribution in [1.29, 1.82) is 0 Å². The first kappa shape index (κ1) is 29.8. The van der Waals surface area contributed by atoms with Gasteiger partial charge in [-0.3, -0.25) is 0 Å². The van der Waals surface area contributed by atoms with Crippen molar-refractivity contribution in [2.75, 3.05) is 43.1 Å². The maximum absolute atomic E-state index is 12.9. The molecule has 2 amide bonds. The van der Waals surface area contributed by atoms with E-state index in [-0.39, 0.29) is 12.5 Å². The van der Waals surface area contributed by atoms with Gasteiger partial charge >= 0.3 is 12.0 Å². The number of anilines is 1. The van der Waals surface area contributed by atoms with Crippen molar-refractivity contribution >= 4 is 41.1 Å². The van der Waals surface area contributed by atoms with Gasteiger partial charge in [-0.2, -0.15) is 11.8 Å². The molecular weight excluding hydrogens is 500 g/mol. The summed E-state index contributed by atoms with van der Waals surface area (Å²) in [6.07, 6.45) is 3.03. The summed E-state index contributed by atoms with van der Waals surface area (Å²) in [7, 11) is 0. The Morgan fingerprint density at radius 3 is 2.39 bits per heavy atom. The minimum absolute atomic E-state index is 0.180. The van der Waals surface area contributed by atoms with Crippen LogP contribution in [0.3, 0.4) is 0 Å². The molecule has 2 rings (SSSR count). The van der Waals surface area contributed by atoms with Crippen molar-refractivity contribution in [2.45, 2.75) is 45.6 Å². The topological polar surface area (TPSA) is 88.1 Å². The van der Waals surface area contributed by atoms with E-state index in [1.807, 2.05) is 36.0 Å². The van der Waals surface area contributed by atoms with E-state index in [4.69, 9.17) is 21.1 Å². The van der Waals surface area contributed by atoms with Crippen LogP contribution in [-0.4, -0.2) is 65.9 Å². The first-order chi connectivity index (χ1) is 17.4. The maximum atomic E-state index is 12.9. The molecule has 0 aliphatic carbocycles. The van der Waals surface area contributed by atoms with Gasteiger partial charge in [-0.1, -0.05) is 43.5 Å². The number of amides is 2. The zero-order valence-corrected chi connectivity index (χ0v) is 22.7. The third kappa shape index (κ3) is 11.5. The molecule has 198 valence electrons. The van der Waals surface area contributed by atoms with Crippen LogP contribution < -0.4 is 10.1 Å². The molecule has 2 N–H and O–H groups in total. The molecular formula is C27H37ClN2O5S. The number of ether oxygens (including phenoxy) is 2. The van der Waals surface area contributed by atoms with Crippen LogP contribution in [-0.2, 0) is 16.0 Å². The first-order valence-corrected chi connectivity index (χ1v) is 13.9. The van der Waals surface area contributed by atoms with Crippen LogP contribution >= 0.6 is 23.4 Å². The molecule has 7 nitrogen and oxygen atoms in total. The Morgan fingerprint density at radius 2 is 1.75 bits per heavy atom. The minimum atomic E-state index is -0.974. The fourth-order valence-electron chi connectivity index (χ4n) is 3.41. The average molecular weight is 537 g/mol. The molecule has 0 aliphatic heterocycles. The number of aliphatic carboxylic acids is 1. The van der Waals surface area contributed by atoms with Crippen LogP contribution in [0.5, 0.6) is 5.75 Å². The zero-order chi connectivity index (χ0) is 26.2. The van der Waals surface area contributed by atoms with Gasteiger partial charge in [0.05, 0.1) is 6.54 Å². The summed E-state index contributed by atoms with van der Waals surface area (Å²) >= 11 is 7.80. The molecule has 0 heterocycles. The Kier molecular flexibility index (Phi) is 14.2. The average Bonchev–Trinajstić information content (AvgIpc) is 2.87. The highest BCUT2D eigenvalue weighted by Crippen LogP contribution is 2.16. The second-order valence-corrected chi connectivity index (χ2v) is 9.88. The Morgan fingerprint density at radius 1 is 1.03 bits per heavy atom. The summed E-state index contributed by atoms with van der Waals surface area (Å²) < 4.78 is 11.2. The van der Waals surface area contributed by atoms with Crippen LogP contribution in [0.4, 0.5) is 10.5 Å². The number of rotatable bonds is 17. The van der Waals surface area contributed by atoms with E-state index in [1.165, 1.54) is 19.3 Å². The van der Waals surface area contributed by atoms with E-state index in [2.05, 4.69) is 12.2 Å². The third-order valence-electron chi connectivity index (χ3n) is 5.40. The monoisotopic (exact) mass is 536 g/mol. The van der Waals surface area contributed by atoms with Crippen molar-refractivity contribution in [1.82, 2.24) is 4.90 Å². The van der Waals surface area contributed by atoms with Crippen molar-refractivity contribution in [3.8, 4) is 5.75 Å². The predicted octanol–water partition coefficient (Wildman–Crippen LogP) is 6.21. The highest BCUT2D eigenvalue weighted by atomic mass is 35.5. The lowest BCUT2D eigenvalue weighted by Gasteiger charge is -2.23. The lowest BCUT2D eigenvalue weighted by atomic mass is 10.1. The van der Waals surface area contributed by atoms with Crippen molar-refractivity contribution in [3.05, 3.63) is 59.1 Å². The zero-order valence-electron chi connectivity index (χ0n) is 21.1. The summed E-state index contributed by atoms with van der Waals surface area (Å²) in [5, 5.41) is 12.8. The molecule has 1 unspecified atom stereocenters. The molecule has 2 aromatic rings. The smallest absolute Gasteiger partial charge is 0.333 e. The van der Waals surface area contributed by atoms with Crippen LogP contribution in [0.1, 0.15) is 38.7 Å². The minimum Gasteiger partial charge on any atom is -0.492 e. The van der Waals surface area contributed by atoms with Gasteiger partial charge in [0.15, 0.2) is 6.10 Å². The van der Waals surface area contributed by atoms with E-state index in [0.29, 0.717) is 42.8 Å². The van der Waals surface area contributed by atoms with E-state index in [9.17, 15) is 14.7 Å². The van der Waals surface area contributed by atoms with Crippen molar-refractivity contribution < 1.29 is 24.2 Å². The molecule has 0 aromatic heterocycles. The van der Waals surface area contributed by atoms with Gasteiger partial charge < -0.3 is 24.8 Å². The number of unbranched alkanes of at least 4 members (excludes halogenated alkanes) is 2. The summed E-state index contributed by atoms with van der Waals surface area (Å²) in [6, 6.07) is 14.1. The maximum Gasteiger partial charge on any atom is 0.333 e. The molecule has 36 heavy (non-hydrogen) atoms. The molecule has 0 aliphatic rings. The molecule has 1 atom stereocenters. The van der Waals surface area contributed by atoms with Crippen LogP contribution in [0.2, 0.25) is 5.02 Å². The molecule has 0 fully saturated rings. The molecule has 0 saturated carbocycles. The van der Waals surface area contributed by atoms with Gasteiger partial charge in [0.2, 0.25) is 0 Å². The first-order valence-electron chi connectivity index (χ1n) is 12.4. The normalized spacial score (nSPS) is 11.6. The van der Waals surface area contributed by atoms with E-state index in [0.717, 1.165) is 17.1 Å². The fraction of sp³-hybridized carbons (Fsp3) is 0.481. The van der Waals surface area contributed by atoms with Gasteiger partial charge in [0, 0.05) is 36.0 Å². The van der Waals surface area contributed by atoms with Crippen molar-refractivity contribution in [2.24, 2.45) is 0 Å². The Labute approximate surface area is 223 Å². The standard InChI is InChI=1S/C27H37ClN2O5S/c1-3-5-6-18-36-19-16-30(27(33)29-23-11-9-22(28)10-12-23)15-17-35-24-13-7-21(8-14-24)20-25(26(31)32)34-4-2/h7-14,25H,3-6,15-20H2,1-2H3,(H,29,33)(H,31,32). The summed E-state index contributed by atoms with van der Waals surface area (Å²) in [5.41, 5.74) is 1.54. The highest BCUT2D eigenvalue weighted by molar-refractivity contribution is 7.99. The molecule has 0 bridgehead atoms. The summed E-state index contributed by atoms with van der Waals surface area (Å²) in [4.78, 5) is 26.0. The molecule has 9 heteroatoms. The SMILES string of the molecule is CCCCCSCCN(CCOc1ccc(CC(OCC)C(=O)O)cc1)C(=O)Nc1ccc(Cl)cc1. The predicted molar refractivity (Wildman–Crippen MR) is 148 cm³/mol. The molecule has 0 spiro atoms. The molecule has 0 radical (unpaired) electrons. The van der Waals surface area contributed by atoms with Crippen molar-refractivity contribution in [3.63, 3.8) is 0 Å². The largest absolute Gasteiger partial charge is 0.492 e. The number of carboxylic acid groups (broad SMARTS) is 1. The number of halogens is 1. The number of hydrogen-bond acceptors (Lipinski definition) is 5. The van der Waals surface area contributed by atoms with Gasteiger partial charge in [0.25, 0.3) is 0 Å². The second-order valence-electron chi connectivity index (χ2n) is 8.22.